The van der Waals surface area contributed by atoms with Crippen LogP contribution in [0.1, 0.15) is 5.69 Å². The number of pyridine rings is 2. The Morgan fingerprint density at radius 3 is 2.69 bits per heavy atom. The maximum atomic E-state index is 5.78. The average Bonchev–Trinajstić information content (AvgIpc) is 2.30. The Labute approximate surface area is 98.0 Å². The first-order valence-corrected chi connectivity index (χ1v) is 5.09. The van der Waals surface area contributed by atoms with Crippen LogP contribution in [-0.2, 0) is 6.54 Å². The first kappa shape index (κ1) is 10.9. The number of hydrogen-bond donors (Lipinski definition) is 1. The van der Waals surface area contributed by atoms with E-state index < -0.39 is 0 Å². The zero-order valence-electron chi connectivity index (χ0n) is 8.43. The molecule has 2 heterocycles. The fraction of sp³-hybridized carbons (Fsp3) is 0.0909. The van der Waals surface area contributed by atoms with Crippen molar-refractivity contribution in [3.05, 3.63) is 47.5 Å². The van der Waals surface area contributed by atoms with Crippen LogP contribution in [-0.4, -0.2) is 9.97 Å². The van der Waals surface area contributed by atoms with Gasteiger partial charge in [0, 0.05) is 18.8 Å². The second-order valence-electron chi connectivity index (χ2n) is 3.13. The molecule has 5 heteroatoms. The van der Waals surface area contributed by atoms with E-state index in [9.17, 15) is 0 Å². The SMILES string of the molecule is NCc1ccc(Oc2cncc(Cl)c2)cn1. The van der Waals surface area contributed by atoms with Gasteiger partial charge in [-0.15, -0.1) is 0 Å². The van der Waals surface area contributed by atoms with Gasteiger partial charge < -0.3 is 10.5 Å². The molecule has 0 bridgehead atoms. The van der Waals surface area contributed by atoms with Crippen LogP contribution in [0.15, 0.2) is 36.8 Å². The van der Waals surface area contributed by atoms with E-state index in [1.165, 1.54) is 0 Å². The van der Waals surface area contributed by atoms with Crippen LogP contribution in [0.5, 0.6) is 11.5 Å². The first-order chi connectivity index (χ1) is 7.78. The number of halogens is 1. The summed E-state index contributed by atoms with van der Waals surface area (Å²) >= 11 is 5.78. The number of rotatable bonds is 3. The summed E-state index contributed by atoms with van der Waals surface area (Å²) in [6.07, 6.45) is 4.75. The van der Waals surface area contributed by atoms with Gasteiger partial charge in [0.15, 0.2) is 0 Å². The van der Waals surface area contributed by atoms with Crippen LogP contribution in [0.25, 0.3) is 0 Å². The van der Waals surface area contributed by atoms with Crippen LogP contribution < -0.4 is 10.5 Å². The maximum Gasteiger partial charge on any atom is 0.147 e. The maximum absolute atomic E-state index is 5.78. The smallest absolute Gasteiger partial charge is 0.147 e. The van der Waals surface area contributed by atoms with Crippen LogP contribution in [0.4, 0.5) is 0 Å². The van der Waals surface area contributed by atoms with Crippen LogP contribution >= 0.6 is 11.6 Å². The lowest BCUT2D eigenvalue weighted by Gasteiger charge is -2.05. The molecule has 0 fully saturated rings. The van der Waals surface area contributed by atoms with Crippen molar-refractivity contribution in [2.24, 2.45) is 5.73 Å². The lowest BCUT2D eigenvalue weighted by Crippen LogP contribution is -1.98. The molecule has 2 N–H and O–H groups in total. The Hall–Kier alpha value is -1.65. The van der Waals surface area contributed by atoms with Gasteiger partial charge in [-0.2, -0.15) is 0 Å². The van der Waals surface area contributed by atoms with Gasteiger partial charge in [0.05, 0.1) is 23.1 Å². The molecular weight excluding hydrogens is 226 g/mol. The van der Waals surface area contributed by atoms with Crippen molar-refractivity contribution in [2.45, 2.75) is 6.54 Å². The van der Waals surface area contributed by atoms with Crippen molar-refractivity contribution in [2.75, 3.05) is 0 Å². The molecule has 0 aliphatic carbocycles. The number of nitrogens with two attached hydrogens (primary N) is 1. The second-order valence-corrected chi connectivity index (χ2v) is 3.57. The molecule has 82 valence electrons. The summed E-state index contributed by atoms with van der Waals surface area (Å²) in [6, 6.07) is 5.30. The predicted molar refractivity (Wildman–Crippen MR) is 61.4 cm³/mol. The lowest BCUT2D eigenvalue weighted by atomic mass is 10.3. The molecule has 0 aliphatic heterocycles. The minimum Gasteiger partial charge on any atom is -0.454 e. The van der Waals surface area contributed by atoms with Crippen molar-refractivity contribution < 1.29 is 4.74 Å². The number of aromatic nitrogens is 2. The number of ether oxygens (including phenoxy) is 1. The normalized spacial score (nSPS) is 10.1. The molecule has 4 nitrogen and oxygen atoms in total. The van der Waals surface area contributed by atoms with Gasteiger partial charge in [-0.25, -0.2) is 0 Å². The summed E-state index contributed by atoms with van der Waals surface area (Å²) in [5, 5.41) is 0.532. The molecule has 0 unspecified atom stereocenters. The van der Waals surface area contributed by atoms with Crippen molar-refractivity contribution in [3.63, 3.8) is 0 Å². The Kier molecular flexibility index (Phi) is 3.34. The van der Waals surface area contributed by atoms with Crippen molar-refractivity contribution in [3.8, 4) is 11.5 Å². The van der Waals surface area contributed by atoms with E-state index in [2.05, 4.69) is 9.97 Å². The van der Waals surface area contributed by atoms with Gasteiger partial charge >= 0.3 is 0 Å². The molecule has 0 radical (unpaired) electrons. The topological polar surface area (TPSA) is 61.0 Å². The van der Waals surface area contributed by atoms with Crippen LogP contribution in [0.2, 0.25) is 5.02 Å². The molecule has 0 spiro atoms. The Morgan fingerprint density at radius 2 is 2.06 bits per heavy atom. The molecule has 2 rings (SSSR count). The van der Waals surface area contributed by atoms with Gasteiger partial charge in [-0.3, -0.25) is 9.97 Å². The fourth-order valence-electron chi connectivity index (χ4n) is 1.18. The molecule has 2 aromatic heterocycles. The van der Waals surface area contributed by atoms with Crippen LogP contribution in [0, 0.1) is 0 Å². The van der Waals surface area contributed by atoms with Gasteiger partial charge in [-0.05, 0) is 12.1 Å². The lowest BCUT2D eigenvalue weighted by molar-refractivity contribution is 0.477. The zero-order valence-corrected chi connectivity index (χ0v) is 9.19. The highest BCUT2D eigenvalue weighted by atomic mass is 35.5. The molecule has 16 heavy (non-hydrogen) atoms. The van der Waals surface area contributed by atoms with Gasteiger partial charge in [-0.1, -0.05) is 11.6 Å². The standard InChI is InChI=1S/C11H10ClN3O/c12-8-3-11(6-14-5-8)16-10-2-1-9(4-13)15-7-10/h1-3,5-7H,4,13H2. The summed E-state index contributed by atoms with van der Waals surface area (Å²) in [6.45, 7) is 0.416. The summed E-state index contributed by atoms with van der Waals surface area (Å²) in [5.41, 5.74) is 6.26. The Balaban J connectivity index is 2.14. The molecule has 0 aromatic carbocycles. The minimum atomic E-state index is 0.416. The van der Waals surface area contributed by atoms with Gasteiger partial charge in [0.2, 0.25) is 0 Å². The summed E-state index contributed by atoms with van der Waals surface area (Å²) < 4.78 is 5.51. The average molecular weight is 236 g/mol. The van der Waals surface area contributed by atoms with E-state index in [4.69, 9.17) is 22.1 Å². The van der Waals surface area contributed by atoms with Crippen LogP contribution in [0.3, 0.4) is 0 Å². The third-order valence-electron chi connectivity index (χ3n) is 1.92. The largest absolute Gasteiger partial charge is 0.454 e. The van der Waals surface area contributed by atoms with E-state index in [1.807, 2.05) is 6.07 Å². The third kappa shape index (κ3) is 2.68. The molecule has 2 aromatic rings. The van der Waals surface area contributed by atoms with Gasteiger partial charge in [0.25, 0.3) is 0 Å². The second kappa shape index (κ2) is 4.92. The number of nitrogens with zero attached hydrogens (tertiary/aromatic N) is 2. The fourth-order valence-corrected chi connectivity index (χ4v) is 1.34. The van der Waals surface area contributed by atoms with E-state index in [1.54, 1.807) is 30.7 Å². The highest BCUT2D eigenvalue weighted by Crippen LogP contribution is 2.22. The molecule has 0 atom stereocenters. The Morgan fingerprint density at radius 1 is 1.19 bits per heavy atom. The highest BCUT2D eigenvalue weighted by Gasteiger charge is 1.99. The molecule has 0 amide bonds. The summed E-state index contributed by atoms with van der Waals surface area (Å²) in [4.78, 5) is 8.03. The third-order valence-corrected chi connectivity index (χ3v) is 2.13. The quantitative estimate of drug-likeness (QED) is 0.887. The van der Waals surface area contributed by atoms with Crippen molar-refractivity contribution in [1.82, 2.24) is 9.97 Å². The summed E-state index contributed by atoms with van der Waals surface area (Å²) in [5.74, 6) is 1.20. The van der Waals surface area contributed by atoms with E-state index in [-0.39, 0.29) is 0 Å². The molecule has 0 saturated heterocycles. The first-order valence-electron chi connectivity index (χ1n) is 4.71. The summed E-state index contributed by atoms with van der Waals surface area (Å²) in [7, 11) is 0. The number of hydrogen-bond acceptors (Lipinski definition) is 4. The molecule has 0 saturated carbocycles. The van der Waals surface area contributed by atoms with E-state index >= 15 is 0 Å². The molecule has 0 aliphatic rings. The Bertz CT molecular complexity index is 473. The van der Waals surface area contributed by atoms with E-state index in [0.717, 1.165) is 5.69 Å². The highest BCUT2D eigenvalue weighted by molar-refractivity contribution is 6.30. The predicted octanol–water partition coefficient (Wildman–Crippen LogP) is 2.38. The van der Waals surface area contributed by atoms with E-state index in [0.29, 0.717) is 23.1 Å². The van der Waals surface area contributed by atoms with Gasteiger partial charge in [0.1, 0.15) is 11.5 Å². The van der Waals surface area contributed by atoms with Crippen molar-refractivity contribution >= 4 is 11.6 Å². The zero-order chi connectivity index (χ0) is 11.4. The molecular formula is C11H10ClN3O. The van der Waals surface area contributed by atoms with Crippen molar-refractivity contribution in [1.29, 1.82) is 0 Å². The monoisotopic (exact) mass is 235 g/mol. The minimum absolute atomic E-state index is 0.416.